The van der Waals surface area contributed by atoms with Crippen LogP contribution in [0.2, 0.25) is 0 Å². The lowest BCUT2D eigenvalue weighted by atomic mass is 10.0. The molecule has 1 saturated carbocycles. The molecule has 0 saturated heterocycles. The van der Waals surface area contributed by atoms with Crippen LogP contribution in [0.15, 0.2) is 6.20 Å². The number of nitrogens with one attached hydrogen (secondary N) is 1. The van der Waals surface area contributed by atoms with Crippen LogP contribution in [0.5, 0.6) is 0 Å². The number of nitrogens with zero attached hydrogens (tertiary/aromatic N) is 3. The van der Waals surface area contributed by atoms with Crippen LogP contribution in [-0.4, -0.2) is 23.4 Å². The van der Waals surface area contributed by atoms with Crippen molar-refractivity contribution in [3.8, 4) is 6.07 Å². The second-order valence-electron chi connectivity index (χ2n) is 4.58. The maximum Gasteiger partial charge on any atom is 0.236 e. The molecule has 1 aromatic rings. The number of hydrogen-bond donors (Lipinski definition) is 1. The van der Waals surface area contributed by atoms with Crippen LogP contribution in [0.1, 0.15) is 37.7 Å². The van der Waals surface area contributed by atoms with Crippen LogP contribution in [0.4, 0.5) is 5.82 Å². The first-order valence-corrected chi connectivity index (χ1v) is 7.53. The van der Waals surface area contributed by atoms with Gasteiger partial charge in [0.1, 0.15) is 11.6 Å². The first-order chi connectivity index (χ1) is 8.53. The lowest BCUT2D eigenvalue weighted by Gasteiger charge is -2.21. The Balaban J connectivity index is 2.19. The normalized spacial score (nSPS) is 17.3. The third kappa shape index (κ3) is 2.64. The summed E-state index contributed by atoms with van der Waals surface area (Å²) in [4.78, 5) is 0. The quantitative estimate of drug-likeness (QED) is 0.896. The highest BCUT2D eigenvalue weighted by molar-refractivity contribution is 7.93. The van der Waals surface area contributed by atoms with Crippen LogP contribution < -0.4 is 4.72 Å². The van der Waals surface area contributed by atoms with E-state index in [1.54, 1.807) is 7.05 Å². The highest BCUT2D eigenvalue weighted by Gasteiger charge is 2.28. The van der Waals surface area contributed by atoms with Gasteiger partial charge in [-0.3, -0.25) is 9.40 Å². The Hall–Kier alpha value is -1.55. The summed E-state index contributed by atoms with van der Waals surface area (Å²) in [5, 5.41) is 12.5. The summed E-state index contributed by atoms with van der Waals surface area (Å²) in [6.45, 7) is 0. The van der Waals surface area contributed by atoms with Gasteiger partial charge in [0.25, 0.3) is 0 Å². The Kier molecular flexibility index (Phi) is 3.57. The van der Waals surface area contributed by atoms with Crippen LogP contribution >= 0.6 is 0 Å². The number of anilines is 1. The molecule has 1 aromatic heterocycles. The Morgan fingerprint density at radius 1 is 1.44 bits per heavy atom. The Morgan fingerprint density at radius 3 is 2.72 bits per heavy atom. The summed E-state index contributed by atoms with van der Waals surface area (Å²) in [5.74, 6) is 0.130. The van der Waals surface area contributed by atoms with Crippen molar-refractivity contribution in [3.63, 3.8) is 0 Å². The lowest BCUT2D eigenvalue weighted by Crippen LogP contribution is -2.30. The number of aromatic nitrogens is 2. The monoisotopic (exact) mass is 268 g/mol. The van der Waals surface area contributed by atoms with E-state index in [1.165, 1.54) is 10.9 Å². The van der Waals surface area contributed by atoms with E-state index in [1.807, 2.05) is 6.07 Å². The molecule has 98 valence electrons. The molecule has 0 amide bonds. The van der Waals surface area contributed by atoms with E-state index in [2.05, 4.69) is 9.82 Å². The predicted molar refractivity (Wildman–Crippen MR) is 67.3 cm³/mol. The van der Waals surface area contributed by atoms with Crippen molar-refractivity contribution < 1.29 is 8.42 Å². The molecular weight excluding hydrogens is 252 g/mol. The summed E-state index contributed by atoms with van der Waals surface area (Å²) in [6, 6.07) is 1.93. The molecule has 0 spiro atoms. The van der Waals surface area contributed by atoms with Crippen LogP contribution in [0, 0.1) is 11.3 Å². The molecule has 0 aliphatic heterocycles. The van der Waals surface area contributed by atoms with Gasteiger partial charge in [0.05, 0.1) is 5.25 Å². The van der Waals surface area contributed by atoms with E-state index in [-0.39, 0.29) is 16.6 Å². The van der Waals surface area contributed by atoms with Gasteiger partial charge in [-0.25, -0.2) is 8.42 Å². The van der Waals surface area contributed by atoms with Gasteiger partial charge in [-0.15, -0.1) is 0 Å². The Bertz CT molecular complexity index is 564. The molecule has 0 aromatic carbocycles. The third-order valence-electron chi connectivity index (χ3n) is 3.18. The van der Waals surface area contributed by atoms with Gasteiger partial charge in [-0.05, 0) is 12.8 Å². The van der Waals surface area contributed by atoms with Crippen molar-refractivity contribution in [2.45, 2.75) is 37.4 Å². The van der Waals surface area contributed by atoms with Gasteiger partial charge >= 0.3 is 0 Å². The van der Waals surface area contributed by atoms with Gasteiger partial charge in [0, 0.05) is 13.2 Å². The maximum atomic E-state index is 12.2. The maximum absolute atomic E-state index is 12.2. The first kappa shape index (κ1) is 12.9. The van der Waals surface area contributed by atoms with Crippen molar-refractivity contribution in [3.05, 3.63) is 11.8 Å². The largest absolute Gasteiger partial charge is 0.272 e. The zero-order valence-corrected chi connectivity index (χ0v) is 11.1. The van der Waals surface area contributed by atoms with E-state index in [4.69, 9.17) is 5.26 Å². The van der Waals surface area contributed by atoms with Crippen LogP contribution in [-0.2, 0) is 17.1 Å². The van der Waals surface area contributed by atoms with Crippen molar-refractivity contribution in [2.75, 3.05) is 4.72 Å². The van der Waals surface area contributed by atoms with Gasteiger partial charge in [-0.1, -0.05) is 19.3 Å². The average Bonchev–Trinajstić information content (AvgIpc) is 2.70. The fourth-order valence-electron chi connectivity index (χ4n) is 2.24. The number of rotatable bonds is 3. The van der Waals surface area contributed by atoms with Gasteiger partial charge < -0.3 is 0 Å². The highest BCUT2D eigenvalue weighted by Crippen LogP contribution is 2.25. The minimum atomic E-state index is -3.43. The van der Waals surface area contributed by atoms with Crippen molar-refractivity contribution >= 4 is 15.8 Å². The van der Waals surface area contributed by atoms with Gasteiger partial charge in [-0.2, -0.15) is 10.4 Å². The number of nitriles is 1. The molecule has 0 bridgehead atoms. The van der Waals surface area contributed by atoms with Gasteiger partial charge in [0.2, 0.25) is 10.0 Å². The molecule has 6 nitrogen and oxygen atoms in total. The van der Waals surface area contributed by atoms with Crippen LogP contribution in [0.25, 0.3) is 0 Å². The van der Waals surface area contributed by atoms with E-state index < -0.39 is 10.0 Å². The topological polar surface area (TPSA) is 87.8 Å². The summed E-state index contributed by atoms with van der Waals surface area (Å²) < 4.78 is 28.2. The van der Waals surface area contributed by atoms with E-state index >= 15 is 0 Å². The summed E-state index contributed by atoms with van der Waals surface area (Å²) >= 11 is 0. The predicted octanol–water partition coefficient (Wildman–Crippen LogP) is 1.37. The van der Waals surface area contributed by atoms with E-state index in [9.17, 15) is 8.42 Å². The van der Waals surface area contributed by atoms with Gasteiger partial charge in [0.15, 0.2) is 5.82 Å². The van der Waals surface area contributed by atoms with Crippen molar-refractivity contribution in [1.82, 2.24) is 9.78 Å². The number of sulfonamides is 1. The Labute approximate surface area is 107 Å². The third-order valence-corrected chi connectivity index (χ3v) is 5.01. The molecule has 0 unspecified atom stereocenters. The molecule has 2 rings (SSSR count). The summed E-state index contributed by atoms with van der Waals surface area (Å²) in [7, 11) is -1.78. The van der Waals surface area contributed by atoms with Crippen LogP contribution in [0.3, 0.4) is 0 Å². The zero-order chi connectivity index (χ0) is 13.2. The lowest BCUT2D eigenvalue weighted by molar-refractivity contribution is 0.486. The summed E-state index contributed by atoms with van der Waals surface area (Å²) in [6.07, 6.45) is 5.85. The molecule has 1 N–H and O–H groups in total. The second-order valence-corrected chi connectivity index (χ2v) is 6.54. The van der Waals surface area contributed by atoms with E-state index in [0.717, 1.165) is 19.3 Å². The van der Waals surface area contributed by atoms with Crippen molar-refractivity contribution in [2.24, 2.45) is 7.05 Å². The molecule has 7 heteroatoms. The fourth-order valence-corrected chi connectivity index (χ4v) is 3.78. The smallest absolute Gasteiger partial charge is 0.236 e. The average molecular weight is 268 g/mol. The molecule has 1 fully saturated rings. The molecule has 18 heavy (non-hydrogen) atoms. The minimum absolute atomic E-state index is 0.130. The highest BCUT2D eigenvalue weighted by atomic mass is 32.2. The molecular formula is C11H16N4O2S. The Morgan fingerprint density at radius 2 is 2.11 bits per heavy atom. The number of aryl methyl sites for hydroxylation is 1. The molecule has 0 atom stereocenters. The standard InChI is InChI=1S/C11H16N4O2S/c1-15-8-9(7-12)11(13-15)14-18(16,17)10-5-3-2-4-6-10/h8,10H,2-6H2,1H3,(H,13,14). The molecule has 1 aliphatic carbocycles. The number of hydrogen-bond acceptors (Lipinski definition) is 4. The minimum Gasteiger partial charge on any atom is -0.272 e. The second kappa shape index (κ2) is 4.98. The van der Waals surface area contributed by atoms with E-state index in [0.29, 0.717) is 12.8 Å². The first-order valence-electron chi connectivity index (χ1n) is 5.98. The SMILES string of the molecule is Cn1cc(C#N)c(NS(=O)(=O)C2CCCCC2)n1. The molecule has 1 aliphatic rings. The molecule has 1 heterocycles. The molecule has 0 radical (unpaired) electrons. The van der Waals surface area contributed by atoms with Crippen molar-refractivity contribution in [1.29, 1.82) is 5.26 Å². The zero-order valence-electron chi connectivity index (χ0n) is 10.3. The summed E-state index contributed by atoms with van der Waals surface area (Å²) in [5.41, 5.74) is 0.247. The fraction of sp³-hybridized carbons (Fsp3) is 0.636.